The molecule has 0 aromatic carbocycles. The number of fused-ring (bicyclic) bond motifs is 1. The standard InChI is InChI=1S/C26H27FN6O3/c1-13(2)24-23(34)18(28)10-21(36-24)16-6-7-29-12-20(16)33-26(35)19-4-3-17(27)22(32-19)15-9-14-5-8-30-25(14)31-11-15/h3-9,11-13,18,21,23-24,34H,10,28H2,1-2H3,(H,30,31)(H,33,35)/t18-,21-,23+,24-/m1/s1. The van der Waals surface area contributed by atoms with Gasteiger partial charge < -0.3 is 25.9 Å². The van der Waals surface area contributed by atoms with E-state index in [1.807, 2.05) is 19.9 Å². The van der Waals surface area contributed by atoms with Gasteiger partial charge in [-0.25, -0.2) is 14.4 Å². The molecule has 4 aromatic heterocycles. The summed E-state index contributed by atoms with van der Waals surface area (Å²) in [5.74, 6) is -1.04. The van der Waals surface area contributed by atoms with Crippen LogP contribution in [0.4, 0.5) is 10.1 Å². The van der Waals surface area contributed by atoms with Crippen molar-refractivity contribution < 1.29 is 19.0 Å². The number of amides is 1. The van der Waals surface area contributed by atoms with E-state index in [1.165, 1.54) is 24.5 Å². The van der Waals surface area contributed by atoms with Gasteiger partial charge in [-0.15, -0.1) is 0 Å². The molecule has 0 radical (unpaired) electrons. The van der Waals surface area contributed by atoms with Crippen molar-refractivity contribution in [2.45, 2.75) is 44.6 Å². The first kappa shape index (κ1) is 24.0. The highest BCUT2D eigenvalue weighted by Gasteiger charge is 2.38. The summed E-state index contributed by atoms with van der Waals surface area (Å²) in [5.41, 5.74) is 8.52. The number of carbonyl (C=O) groups is 1. The fourth-order valence-corrected chi connectivity index (χ4v) is 4.52. The van der Waals surface area contributed by atoms with Gasteiger partial charge in [0.1, 0.15) is 22.9 Å². The number of carbonyl (C=O) groups excluding carboxylic acids is 1. The Morgan fingerprint density at radius 3 is 2.92 bits per heavy atom. The number of aliphatic hydroxyl groups excluding tert-OH is 1. The van der Waals surface area contributed by atoms with Crippen molar-refractivity contribution in [2.75, 3.05) is 5.32 Å². The normalized spacial score (nSPS) is 22.2. The topological polar surface area (TPSA) is 139 Å². The summed E-state index contributed by atoms with van der Waals surface area (Å²) >= 11 is 0. The zero-order chi connectivity index (χ0) is 25.4. The first-order valence-electron chi connectivity index (χ1n) is 11.8. The number of nitrogens with two attached hydrogens (primary N) is 1. The maximum atomic E-state index is 14.7. The zero-order valence-corrected chi connectivity index (χ0v) is 19.9. The number of rotatable bonds is 5. The lowest BCUT2D eigenvalue weighted by atomic mass is 9.88. The van der Waals surface area contributed by atoms with Crippen LogP contribution >= 0.6 is 0 Å². The summed E-state index contributed by atoms with van der Waals surface area (Å²) in [4.78, 5) is 28.8. The van der Waals surface area contributed by atoms with Crippen molar-refractivity contribution >= 4 is 22.6 Å². The molecule has 4 aromatic rings. The molecule has 0 bridgehead atoms. The smallest absolute Gasteiger partial charge is 0.274 e. The molecule has 1 aliphatic heterocycles. The lowest BCUT2D eigenvalue weighted by Gasteiger charge is -2.40. The molecule has 0 spiro atoms. The first-order chi connectivity index (χ1) is 17.3. The predicted molar refractivity (Wildman–Crippen MR) is 133 cm³/mol. The number of nitrogens with zero attached hydrogens (tertiary/aromatic N) is 3. The number of pyridine rings is 3. The average molecular weight is 491 g/mol. The van der Waals surface area contributed by atoms with E-state index in [0.29, 0.717) is 28.9 Å². The zero-order valence-electron chi connectivity index (χ0n) is 19.9. The maximum Gasteiger partial charge on any atom is 0.274 e. The maximum absolute atomic E-state index is 14.7. The fraction of sp³-hybridized carbons (Fsp3) is 0.308. The molecule has 1 fully saturated rings. The van der Waals surface area contributed by atoms with E-state index in [1.54, 1.807) is 24.5 Å². The highest BCUT2D eigenvalue weighted by Crippen LogP contribution is 2.36. The molecular formula is C26H27FN6O3. The molecule has 5 rings (SSSR count). The molecule has 1 saturated heterocycles. The molecule has 1 amide bonds. The highest BCUT2D eigenvalue weighted by molar-refractivity contribution is 6.03. The monoisotopic (exact) mass is 490 g/mol. The molecule has 4 atom stereocenters. The number of H-pyrrole nitrogens is 1. The van der Waals surface area contributed by atoms with Gasteiger partial charge in [-0.3, -0.25) is 9.78 Å². The quantitative estimate of drug-likeness (QED) is 0.335. The fourth-order valence-electron chi connectivity index (χ4n) is 4.52. The van der Waals surface area contributed by atoms with Gasteiger partial charge in [-0.2, -0.15) is 0 Å². The minimum atomic E-state index is -0.775. The number of halogens is 1. The van der Waals surface area contributed by atoms with Gasteiger partial charge in [0, 0.05) is 41.1 Å². The molecule has 5 N–H and O–H groups in total. The molecule has 10 heteroatoms. The number of aromatic amines is 1. The van der Waals surface area contributed by atoms with Crippen molar-refractivity contribution in [1.82, 2.24) is 19.9 Å². The van der Waals surface area contributed by atoms with Gasteiger partial charge in [0.15, 0.2) is 0 Å². The SMILES string of the molecule is CC(C)[C@H]1O[C@@H](c2ccncc2NC(=O)c2ccc(F)c(-c3cnc4[nH]ccc4c3)n2)C[C@@H](N)[C@@H]1O. The number of anilines is 1. The minimum Gasteiger partial charge on any atom is -0.389 e. The molecule has 36 heavy (non-hydrogen) atoms. The molecule has 9 nitrogen and oxygen atoms in total. The largest absolute Gasteiger partial charge is 0.389 e. The van der Waals surface area contributed by atoms with Gasteiger partial charge in [0.05, 0.1) is 30.2 Å². The van der Waals surface area contributed by atoms with Crippen molar-refractivity contribution in [3.05, 3.63) is 72.2 Å². The van der Waals surface area contributed by atoms with Crippen LogP contribution in [0.3, 0.4) is 0 Å². The number of nitrogens with one attached hydrogen (secondary N) is 2. The molecular weight excluding hydrogens is 463 g/mol. The number of hydrogen-bond donors (Lipinski definition) is 4. The number of aromatic nitrogens is 4. The lowest BCUT2D eigenvalue weighted by Crippen LogP contribution is -2.51. The van der Waals surface area contributed by atoms with Gasteiger partial charge in [0.2, 0.25) is 0 Å². The van der Waals surface area contributed by atoms with Crippen LogP contribution in [0.1, 0.15) is 42.4 Å². The Labute approximate surface area is 206 Å². The number of ether oxygens (including phenoxy) is 1. The van der Waals surface area contributed by atoms with E-state index < -0.39 is 36.1 Å². The van der Waals surface area contributed by atoms with Gasteiger partial charge >= 0.3 is 0 Å². The van der Waals surface area contributed by atoms with Crippen LogP contribution in [0.5, 0.6) is 0 Å². The van der Waals surface area contributed by atoms with E-state index in [9.17, 15) is 14.3 Å². The van der Waals surface area contributed by atoms with Crippen molar-refractivity contribution in [3.63, 3.8) is 0 Å². The van der Waals surface area contributed by atoms with E-state index in [-0.39, 0.29) is 17.3 Å². The summed E-state index contributed by atoms with van der Waals surface area (Å²) in [5, 5.41) is 14.1. The Kier molecular flexibility index (Phi) is 6.48. The third kappa shape index (κ3) is 4.58. The third-order valence-electron chi connectivity index (χ3n) is 6.44. The summed E-state index contributed by atoms with van der Waals surface area (Å²) < 4.78 is 20.8. The van der Waals surface area contributed by atoms with Crippen LogP contribution in [0.15, 0.2) is 55.1 Å². The Morgan fingerprint density at radius 2 is 2.11 bits per heavy atom. The number of hydrogen-bond acceptors (Lipinski definition) is 7. The third-order valence-corrected chi connectivity index (χ3v) is 6.44. The summed E-state index contributed by atoms with van der Waals surface area (Å²) in [7, 11) is 0. The number of aliphatic hydroxyl groups is 1. The van der Waals surface area contributed by atoms with Crippen LogP contribution < -0.4 is 11.1 Å². The summed E-state index contributed by atoms with van der Waals surface area (Å²) in [6.45, 7) is 3.92. The van der Waals surface area contributed by atoms with E-state index in [2.05, 4.69) is 25.3 Å². The van der Waals surface area contributed by atoms with E-state index in [4.69, 9.17) is 10.5 Å². The second-order valence-electron chi connectivity index (χ2n) is 9.31. The molecule has 0 saturated carbocycles. The Hall–Kier alpha value is -3.73. The Bertz CT molecular complexity index is 1410. The van der Waals surface area contributed by atoms with Crippen LogP contribution in [0, 0.1) is 11.7 Å². The molecule has 0 unspecified atom stereocenters. The van der Waals surface area contributed by atoms with Crippen molar-refractivity contribution in [1.29, 1.82) is 0 Å². The van der Waals surface area contributed by atoms with Crippen LogP contribution in [-0.4, -0.2) is 49.2 Å². The van der Waals surface area contributed by atoms with Crippen LogP contribution in [0.2, 0.25) is 0 Å². The Morgan fingerprint density at radius 1 is 1.28 bits per heavy atom. The predicted octanol–water partition coefficient (Wildman–Crippen LogP) is 3.59. The molecule has 0 aliphatic carbocycles. The van der Waals surface area contributed by atoms with Crippen LogP contribution in [-0.2, 0) is 4.74 Å². The molecule has 1 aliphatic rings. The molecule has 5 heterocycles. The summed E-state index contributed by atoms with van der Waals surface area (Å²) in [6, 6.07) is 7.40. The summed E-state index contributed by atoms with van der Waals surface area (Å²) in [6.07, 6.45) is 5.10. The van der Waals surface area contributed by atoms with Crippen molar-refractivity contribution in [3.8, 4) is 11.3 Å². The lowest BCUT2D eigenvalue weighted by molar-refractivity contribution is -0.145. The minimum absolute atomic E-state index is 0.0278. The Balaban J connectivity index is 1.41. The average Bonchev–Trinajstić information content (AvgIpc) is 3.34. The highest BCUT2D eigenvalue weighted by atomic mass is 19.1. The second-order valence-corrected chi connectivity index (χ2v) is 9.31. The van der Waals surface area contributed by atoms with E-state index >= 15 is 0 Å². The van der Waals surface area contributed by atoms with Gasteiger partial charge in [-0.1, -0.05) is 13.8 Å². The van der Waals surface area contributed by atoms with Gasteiger partial charge in [-0.05, 0) is 42.7 Å². The van der Waals surface area contributed by atoms with E-state index in [0.717, 1.165) is 5.39 Å². The van der Waals surface area contributed by atoms with Crippen LogP contribution in [0.25, 0.3) is 22.3 Å². The van der Waals surface area contributed by atoms with Crippen molar-refractivity contribution in [2.24, 2.45) is 11.7 Å². The first-order valence-corrected chi connectivity index (χ1v) is 11.8. The van der Waals surface area contributed by atoms with Gasteiger partial charge in [0.25, 0.3) is 5.91 Å². The molecule has 186 valence electrons. The second kappa shape index (κ2) is 9.73.